The van der Waals surface area contributed by atoms with Crippen LogP contribution in [0.2, 0.25) is 0 Å². The zero-order valence-electron chi connectivity index (χ0n) is 14.2. The number of halogens is 1. The summed E-state index contributed by atoms with van der Waals surface area (Å²) in [6.45, 7) is 0.812. The number of rotatable bonds is 6. The van der Waals surface area contributed by atoms with Gasteiger partial charge < -0.3 is 0 Å². The lowest BCUT2D eigenvalue weighted by atomic mass is 10.2. The Morgan fingerprint density at radius 3 is 2.56 bits per heavy atom. The maximum atomic E-state index is 13.6. The van der Waals surface area contributed by atoms with Gasteiger partial charge in [0, 0.05) is 24.7 Å². The van der Waals surface area contributed by atoms with Crippen molar-refractivity contribution in [2.45, 2.75) is 17.7 Å². The third-order valence-electron chi connectivity index (χ3n) is 4.16. The molecule has 142 valence electrons. The van der Waals surface area contributed by atoms with E-state index in [-0.39, 0.29) is 16.1 Å². The summed E-state index contributed by atoms with van der Waals surface area (Å²) >= 11 is 0. The fourth-order valence-corrected chi connectivity index (χ4v) is 4.28. The second-order valence-electron chi connectivity index (χ2n) is 5.94. The van der Waals surface area contributed by atoms with E-state index in [2.05, 4.69) is 10.5 Å². The Bertz CT molecular complexity index is 988. The first kappa shape index (κ1) is 18.9. The van der Waals surface area contributed by atoms with E-state index in [0.29, 0.717) is 13.1 Å². The zero-order chi connectivity index (χ0) is 19.4. The molecule has 0 spiro atoms. The van der Waals surface area contributed by atoms with Crippen LogP contribution in [-0.2, 0) is 10.0 Å². The van der Waals surface area contributed by atoms with Gasteiger partial charge in [0.1, 0.15) is 11.5 Å². The molecule has 0 aromatic heterocycles. The van der Waals surface area contributed by atoms with Gasteiger partial charge in [-0.1, -0.05) is 18.2 Å². The lowest BCUT2D eigenvalue weighted by Gasteiger charge is -2.15. The molecule has 0 unspecified atom stereocenters. The minimum atomic E-state index is -3.77. The molecule has 0 radical (unpaired) electrons. The zero-order valence-corrected chi connectivity index (χ0v) is 15.0. The molecule has 1 aliphatic heterocycles. The van der Waals surface area contributed by atoms with E-state index in [9.17, 15) is 22.9 Å². The molecule has 8 nitrogen and oxygen atoms in total. The highest BCUT2D eigenvalue weighted by molar-refractivity contribution is 7.89. The molecule has 0 atom stereocenters. The van der Waals surface area contributed by atoms with Gasteiger partial charge in [-0.15, -0.1) is 0 Å². The molecule has 10 heteroatoms. The molecule has 3 rings (SSSR count). The van der Waals surface area contributed by atoms with Crippen LogP contribution >= 0.6 is 0 Å². The highest BCUT2D eigenvalue weighted by Gasteiger charge is 2.29. The van der Waals surface area contributed by atoms with Gasteiger partial charge in [0.2, 0.25) is 10.0 Å². The third-order valence-corrected chi connectivity index (χ3v) is 6.06. The molecule has 1 saturated heterocycles. The number of hydrazone groups is 1. The van der Waals surface area contributed by atoms with Crippen LogP contribution in [0.5, 0.6) is 0 Å². The highest BCUT2D eigenvalue weighted by Crippen LogP contribution is 2.30. The minimum Gasteiger partial charge on any atom is -0.272 e. The first-order valence-electron chi connectivity index (χ1n) is 8.22. The van der Waals surface area contributed by atoms with Gasteiger partial charge in [-0.05, 0) is 31.0 Å². The van der Waals surface area contributed by atoms with Crippen molar-refractivity contribution in [3.05, 3.63) is 64.0 Å². The minimum absolute atomic E-state index is 0.00737. The molecular formula is C17H17FN4O4S. The van der Waals surface area contributed by atoms with Crippen LogP contribution in [-0.4, -0.2) is 37.0 Å². The van der Waals surface area contributed by atoms with Gasteiger partial charge in [-0.2, -0.15) is 9.41 Å². The third kappa shape index (κ3) is 4.12. The van der Waals surface area contributed by atoms with Gasteiger partial charge >= 0.3 is 0 Å². The summed E-state index contributed by atoms with van der Waals surface area (Å²) in [4.78, 5) is 10.5. The van der Waals surface area contributed by atoms with E-state index in [4.69, 9.17) is 0 Å². The van der Waals surface area contributed by atoms with Gasteiger partial charge in [0.15, 0.2) is 0 Å². The average molecular weight is 392 g/mol. The summed E-state index contributed by atoms with van der Waals surface area (Å²) in [5, 5.41) is 15.2. The van der Waals surface area contributed by atoms with Gasteiger partial charge in [-0.25, -0.2) is 12.8 Å². The van der Waals surface area contributed by atoms with Crippen LogP contribution in [0, 0.1) is 15.9 Å². The summed E-state index contributed by atoms with van der Waals surface area (Å²) in [6, 6.07) is 9.51. The van der Waals surface area contributed by atoms with Crippen LogP contribution in [0.1, 0.15) is 18.4 Å². The molecule has 27 heavy (non-hydrogen) atoms. The number of nitrogens with one attached hydrogen (secondary N) is 1. The molecule has 0 aliphatic carbocycles. The predicted octanol–water partition coefficient (Wildman–Crippen LogP) is 2.96. The van der Waals surface area contributed by atoms with E-state index in [0.717, 1.165) is 18.9 Å². The van der Waals surface area contributed by atoms with Crippen molar-refractivity contribution >= 4 is 27.6 Å². The standard InChI is InChI=1S/C17H17FN4O4S/c18-15-6-2-1-5-13(15)12-19-20-16-8-7-14(11-17(16)22(23)24)27(25,26)21-9-3-4-10-21/h1-2,5-8,11-12,20H,3-4,9-10H2/b19-12+. The fourth-order valence-electron chi connectivity index (χ4n) is 2.75. The SMILES string of the molecule is O=[N+]([O-])c1cc(S(=O)(=O)N2CCCC2)ccc1N/N=C/c1ccccc1F. The first-order valence-corrected chi connectivity index (χ1v) is 9.66. The molecule has 2 aromatic carbocycles. The van der Waals surface area contributed by atoms with Crippen LogP contribution in [0.25, 0.3) is 0 Å². The van der Waals surface area contributed by atoms with E-state index in [1.54, 1.807) is 6.07 Å². The van der Waals surface area contributed by atoms with E-state index >= 15 is 0 Å². The number of hydrogen-bond donors (Lipinski definition) is 1. The summed E-state index contributed by atoms with van der Waals surface area (Å²) < 4.78 is 40.0. The second-order valence-corrected chi connectivity index (χ2v) is 7.88. The van der Waals surface area contributed by atoms with Crippen molar-refractivity contribution in [2.75, 3.05) is 18.5 Å². The monoisotopic (exact) mass is 392 g/mol. The maximum absolute atomic E-state index is 13.6. The Kier molecular flexibility index (Phi) is 5.47. The smallest absolute Gasteiger partial charge is 0.272 e. The van der Waals surface area contributed by atoms with Crippen molar-refractivity contribution in [3.8, 4) is 0 Å². The first-order chi connectivity index (χ1) is 12.9. The van der Waals surface area contributed by atoms with Crippen LogP contribution in [0.15, 0.2) is 52.5 Å². The van der Waals surface area contributed by atoms with Crippen LogP contribution in [0.3, 0.4) is 0 Å². The Balaban J connectivity index is 1.86. The van der Waals surface area contributed by atoms with Gasteiger partial charge in [0.05, 0.1) is 16.0 Å². The van der Waals surface area contributed by atoms with E-state index < -0.39 is 26.5 Å². The highest BCUT2D eigenvalue weighted by atomic mass is 32.2. The predicted molar refractivity (Wildman–Crippen MR) is 98.7 cm³/mol. The van der Waals surface area contributed by atoms with E-state index in [1.807, 2.05) is 0 Å². The molecular weight excluding hydrogens is 375 g/mol. The van der Waals surface area contributed by atoms with Crippen LogP contribution < -0.4 is 5.43 Å². The summed E-state index contributed by atoms with van der Waals surface area (Å²) in [7, 11) is -3.77. The molecule has 0 amide bonds. The Hall–Kier alpha value is -2.85. The summed E-state index contributed by atoms with van der Waals surface area (Å²) in [5.74, 6) is -0.482. The van der Waals surface area contributed by atoms with Crippen molar-refractivity contribution in [1.29, 1.82) is 0 Å². The number of nitrogens with zero attached hydrogens (tertiary/aromatic N) is 3. The summed E-state index contributed by atoms with van der Waals surface area (Å²) in [6.07, 6.45) is 2.73. The molecule has 1 N–H and O–H groups in total. The number of anilines is 1. The number of benzene rings is 2. The summed E-state index contributed by atoms with van der Waals surface area (Å²) in [5.41, 5.74) is 2.26. The van der Waals surface area contributed by atoms with Crippen molar-refractivity contribution in [2.24, 2.45) is 5.10 Å². The van der Waals surface area contributed by atoms with Crippen molar-refractivity contribution in [1.82, 2.24) is 4.31 Å². The topological polar surface area (TPSA) is 105 Å². The largest absolute Gasteiger partial charge is 0.295 e. The second kappa shape index (κ2) is 7.80. The van der Waals surface area contributed by atoms with Crippen molar-refractivity contribution < 1.29 is 17.7 Å². The lowest BCUT2D eigenvalue weighted by molar-refractivity contribution is -0.384. The van der Waals surface area contributed by atoms with E-state index in [1.165, 1.54) is 40.9 Å². The molecule has 1 aliphatic rings. The molecule has 0 saturated carbocycles. The quantitative estimate of drug-likeness (QED) is 0.462. The van der Waals surface area contributed by atoms with Gasteiger partial charge in [0.25, 0.3) is 5.69 Å². The number of nitro benzene ring substituents is 1. The average Bonchev–Trinajstić information content (AvgIpc) is 3.19. The van der Waals surface area contributed by atoms with Gasteiger partial charge in [-0.3, -0.25) is 15.5 Å². The number of sulfonamides is 1. The Labute approximate surface area is 155 Å². The number of hydrogen-bond acceptors (Lipinski definition) is 6. The normalized spacial score (nSPS) is 15.3. The molecule has 1 fully saturated rings. The number of nitro groups is 1. The fraction of sp³-hybridized carbons (Fsp3) is 0.235. The van der Waals surface area contributed by atoms with Crippen molar-refractivity contribution in [3.63, 3.8) is 0 Å². The molecule has 2 aromatic rings. The lowest BCUT2D eigenvalue weighted by Crippen LogP contribution is -2.27. The maximum Gasteiger partial charge on any atom is 0.295 e. The Morgan fingerprint density at radius 1 is 1.19 bits per heavy atom. The molecule has 1 heterocycles. The molecule has 0 bridgehead atoms. The Morgan fingerprint density at radius 2 is 1.89 bits per heavy atom. The van der Waals surface area contributed by atoms with Crippen LogP contribution in [0.4, 0.5) is 15.8 Å².